The first kappa shape index (κ1) is 35.3. The third kappa shape index (κ3) is 8.25. The molecule has 2 aliphatic rings. The summed E-state index contributed by atoms with van der Waals surface area (Å²) in [7, 11) is 0. The molecular formula is C35H50N4O7. The molecule has 0 spiro atoms. The van der Waals surface area contributed by atoms with Gasteiger partial charge in [0.1, 0.15) is 12.6 Å². The molecule has 2 heterocycles. The molecule has 0 aromatic heterocycles. The maximum Gasteiger partial charge on any atom is 0.407 e. The van der Waals surface area contributed by atoms with Crippen molar-refractivity contribution < 1.29 is 34.5 Å². The first-order valence-electron chi connectivity index (χ1n) is 16.3. The van der Waals surface area contributed by atoms with Crippen LogP contribution in [0.4, 0.5) is 4.79 Å². The molecule has 11 nitrogen and oxygen atoms in total. The Morgan fingerprint density at radius 2 is 1.67 bits per heavy atom. The number of rotatable bonds is 15. The van der Waals surface area contributed by atoms with Gasteiger partial charge in [-0.2, -0.15) is 5.06 Å². The minimum absolute atomic E-state index is 0.132. The minimum Gasteiger partial charge on any atom is -0.480 e. The van der Waals surface area contributed by atoms with E-state index >= 15 is 0 Å². The lowest BCUT2D eigenvalue weighted by Gasteiger charge is -2.34. The number of alkyl carbamates (subject to hydrolysis) is 1. The maximum atomic E-state index is 13.7. The molecule has 0 bridgehead atoms. The average Bonchev–Trinajstić information content (AvgIpc) is 3.57. The monoisotopic (exact) mass is 638 g/mol. The summed E-state index contributed by atoms with van der Waals surface area (Å²) in [5.41, 5.74) is 2.75. The molecule has 1 saturated heterocycles. The summed E-state index contributed by atoms with van der Waals surface area (Å²) in [6.45, 7) is 8.79. The molecule has 46 heavy (non-hydrogen) atoms. The average molecular weight is 639 g/mol. The number of likely N-dealkylation sites (tertiary alicyclic amines) is 1. The Balaban J connectivity index is 1.36. The molecule has 3 atom stereocenters. The third-order valence-electron chi connectivity index (χ3n) is 9.45. The van der Waals surface area contributed by atoms with Gasteiger partial charge in [-0.25, -0.2) is 4.79 Å². The number of nitrogens with one attached hydrogen (secondary N) is 2. The predicted octanol–water partition coefficient (Wildman–Crippen LogP) is 4.29. The number of hydroxylamine groups is 2. The molecule has 2 aliphatic heterocycles. The van der Waals surface area contributed by atoms with Crippen LogP contribution in [0.25, 0.3) is 0 Å². The number of nitrogens with zero attached hydrogens (tertiary/aromatic N) is 2. The van der Waals surface area contributed by atoms with Gasteiger partial charge in [-0.05, 0) is 94.9 Å². The van der Waals surface area contributed by atoms with Crippen molar-refractivity contribution in [1.82, 2.24) is 20.6 Å². The van der Waals surface area contributed by atoms with E-state index in [0.717, 1.165) is 28.7 Å². The lowest BCUT2D eigenvalue weighted by molar-refractivity contribution is -0.216. The number of aliphatic carboxylic acids is 1. The number of amides is 2. The zero-order valence-electron chi connectivity index (χ0n) is 27.5. The summed E-state index contributed by atoms with van der Waals surface area (Å²) in [5.74, 6) is -1.24. The number of ether oxygens (including phenoxy) is 1. The molecule has 5 N–H and O–H groups in total. The summed E-state index contributed by atoms with van der Waals surface area (Å²) in [6, 6.07) is 13.4. The zero-order valence-corrected chi connectivity index (χ0v) is 27.5. The summed E-state index contributed by atoms with van der Waals surface area (Å²) in [5, 5.41) is 38.1. The van der Waals surface area contributed by atoms with Crippen LogP contribution in [0.15, 0.2) is 48.5 Å². The molecular weight excluding hydrogens is 588 g/mol. The topological polar surface area (TPSA) is 152 Å². The Hall–Kier alpha value is -3.51. The molecule has 0 unspecified atom stereocenters. The number of carbonyl (C=O) groups is 3. The number of hydrogen-bond acceptors (Lipinski definition) is 8. The summed E-state index contributed by atoms with van der Waals surface area (Å²) in [4.78, 5) is 39.9. The van der Waals surface area contributed by atoms with Gasteiger partial charge in [-0.1, -0.05) is 48.5 Å². The number of aryl methyl sites for hydroxylation is 1. The van der Waals surface area contributed by atoms with E-state index in [1.807, 2.05) is 76.2 Å². The van der Waals surface area contributed by atoms with Gasteiger partial charge in [0, 0.05) is 13.1 Å². The Morgan fingerprint density at radius 1 is 0.957 bits per heavy atom. The lowest BCUT2D eigenvalue weighted by Crippen LogP contribution is -2.53. The van der Waals surface area contributed by atoms with Crippen LogP contribution in [0.3, 0.4) is 0 Å². The van der Waals surface area contributed by atoms with E-state index in [2.05, 4.69) is 10.6 Å². The van der Waals surface area contributed by atoms with E-state index < -0.39 is 35.2 Å². The number of carboxylic acid groups (broad SMARTS) is 1. The van der Waals surface area contributed by atoms with Crippen LogP contribution in [0.5, 0.6) is 0 Å². The van der Waals surface area contributed by atoms with Crippen molar-refractivity contribution in [2.45, 2.75) is 108 Å². The van der Waals surface area contributed by atoms with Gasteiger partial charge in [0.2, 0.25) is 5.91 Å². The molecule has 0 radical (unpaired) electrons. The highest BCUT2D eigenvalue weighted by Crippen LogP contribution is 2.48. The molecule has 2 aromatic carbocycles. The lowest BCUT2D eigenvalue weighted by atomic mass is 9.88. The molecule has 4 rings (SSSR count). The van der Waals surface area contributed by atoms with Gasteiger partial charge in [-0.3, -0.25) is 14.9 Å². The number of aliphatic hydroxyl groups excluding tert-OH is 1. The SMILES string of the molecule is CC1(C)c2ccc(CC[C@H](N[C@@H](CCCCNC(=O)OCc3ccccc3)C(=O)N3CCC[C@H]3CO)C(=O)O)cc2C(C)(C)N1O. The van der Waals surface area contributed by atoms with Crippen molar-refractivity contribution in [3.63, 3.8) is 0 Å². The Bertz CT molecular complexity index is 1350. The summed E-state index contributed by atoms with van der Waals surface area (Å²) >= 11 is 0. The first-order chi connectivity index (χ1) is 21.9. The summed E-state index contributed by atoms with van der Waals surface area (Å²) in [6.07, 6.45) is 3.25. The number of hydrogen-bond donors (Lipinski definition) is 5. The van der Waals surface area contributed by atoms with E-state index in [0.29, 0.717) is 45.2 Å². The third-order valence-corrected chi connectivity index (χ3v) is 9.45. The maximum absolute atomic E-state index is 13.7. The van der Waals surface area contributed by atoms with Crippen LogP contribution >= 0.6 is 0 Å². The number of fused-ring (bicyclic) bond motifs is 1. The van der Waals surface area contributed by atoms with Crippen LogP contribution < -0.4 is 10.6 Å². The Kier molecular flexibility index (Phi) is 11.8. The van der Waals surface area contributed by atoms with Crippen LogP contribution in [0.1, 0.15) is 88.5 Å². The van der Waals surface area contributed by atoms with Crippen molar-refractivity contribution >= 4 is 18.0 Å². The molecule has 0 saturated carbocycles. The number of aliphatic hydroxyl groups is 1. The molecule has 252 valence electrons. The van der Waals surface area contributed by atoms with Crippen molar-refractivity contribution in [3.8, 4) is 0 Å². The van der Waals surface area contributed by atoms with Gasteiger partial charge in [-0.15, -0.1) is 0 Å². The van der Waals surface area contributed by atoms with Gasteiger partial charge < -0.3 is 30.4 Å². The number of carbonyl (C=O) groups excluding carboxylic acids is 2. The second-order valence-electron chi connectivity index (χ2n) is 13.5. The standard InChI is InChI=1S/C35H50N4O7/c1-34(2)27-17-15-24(21-28(27)35(3,4)39(34)45)16-18-30(32(42)43)37-29(31(41)38-20-10-13-26(38)22-40)14-8-9-19-36-33(44)46-23-25-11-6-5-7-12-25/h5-7,11-12,15,17,21,26,29-30,37,40,45H,8-10,13-14,16,18-20,22-23H2,1-4H3,(H,36,44)(H,42,43)/t26-,29-,30-/m0/s1. The Labute approximate surface area is 271 Å². The van der Waals surface area contributed by atoms with Crippen LogP contribution in [-0.2, 0) is 38.4 Å². The van der Waals surface area contributed by atoms with Crippen LogP contribution in [0.2, 0.25) is 0 Å². The van der Waals surface area contributed by atoms with Gasteiger partial charge >= 0.3 is 12.1 Å². The fourth-order valence-electron chi connectivity index (χ4n) is 6.78. The quantitative estimate of drug-likeness (QED) is 0.180. The van der Waals surface area contributed by atoms with Crippen molar-refractivity contribution in [1.29, 1.82) is 0 Å². The first-order valence-corrected chi connectivity index (χ1v) is 16.3. The highest BCUT2D eigenvalue weighted by Gasteiger charge is 2.48. The van der Waals surface area contributed by atoms with E-state index in [-0.39, 0.29) is 31.6 Å². The molecule has 1 fully saturated rings. The minimum atomic E-state index is -1.04. The highest BCUT2D eigenvalue weighted by molar-refractivity contribution is 5.83. The van der Waals surface area contributed by atoms with Gasteiger partial charge in [0.15, 0.2) is 0 Å². The van der Waals surface area contributed by atoms with Gasteiger partial charge in [0.05, 0.1) is 29.8 Å². The molecule has 0 aliphatic carbocycles. The normalized spacial score (nSPS) is 19.8. The van der Waals surface area contributed by atoms with E-state index in [9.17, 15) is 29.8 Å². The fourth-order valence-corrected chi connectivity index (χ4v) is 6.78. The summed E-state index contributed by atoms with van der Waals surface area (Å²) < 4.78 is 5.25. The highest BCUT2D eigenvalue weighted by atomic mass is 16.5. The van der Waals surface area contributed by atoms with E-state index in [1.165, 1.54) is 5.06 Å². The van der Waals surface area contributed by atoms with Crippen LogP contribution in [0, 0.1) is 0 Å². The Morgan fingerprint density at radius 3 is 2.37 bits per heavy atom. The number of benzene rings is 2. The van der Waals surface area contributed by atoms with Gasteiger partial charge in [0.25, 0.3) is 0 Å². The van der Waals surface area contributed by atoms with Crippen molar-refractivity contribution in [2.75, 3.05) is 19.7 Å². The number of unbranched alkanes of at least 4 members (excludes halogenated alkanes) is 1. The second kappa shape index (κ2) is 15.4. The molecule has 2 aromatic rings. The van der Waals surface area contributed by atoms with Crippen LogP contribution in [-0.4, -0.2) is 81.2 Å². The van der Waals surface area contributed by atoms with Crippen molar-refractivity contribution in [3.05, 3.63) is 70.8 Å². The fraction of sp³-hybridized carbons (Fsp3) is 0.571. The zero-order chi connectivity index (χ0) is 33.5. The van der Waals surface area contributed by atoms with E-state index in [4.69, 9.17) is 4.74 Å². The van der Waals surface area contributed by atoms with E-state index in [1.54, 1.807) is 4.90 Å². The number of carboxylic acids is 1. The predicted molar refractivity (Wildman–Crippen MR) is 173 cm³/mol. The smallest absolute Gasteiger partial charge is 0.407 e. The van der Waals surface area contributed by atoms with Crippen molar-refractivity contribution in [2.24, 2.45) is 0 Å². The molecule has 2 amide bonds. The largest absolute Gasteiger partial charge is 0.480 e. The molecule has 11 heteroatoms. The second-order valence-corrected chi connectivity index (χ2v) is 13.5.